The Morgan fingerprint density at radius 1 is 1.67 bits per heavy atom. The molecular formula is C14H21N3O. The van der Waals surface area contributed by atoms with E-state index in [1.165, 1.54) is 12.0 Å². The topological polar surface area (TPSA) is 50.0 Å². The fourth-order valence-corrected chi connectivity index (χ4v) is 2.45. The van der Waals surface area contributed by atoms with Crippen LogP contribution in [0.5, 0.6) is 0 Å². The van der Waals surface area contributed by atoms with E-state index in [9.17, 15) is 0 Å². The number of hydrogen-bond donors (Lipinski definition) is 1. The van der Waals surface area contributed by atoms with Crippen LogP contribution < -0.4 is 5.32 Å². The Morgan fingerprint density at radius 2 is 2.44 bits per heavy atom. The normalized spacial score (nSPS) is 20.9. The van der Waals surface area contributed by atoms with Gasteiger partial charge in [0.25, 0.3) is 0 Å². The molecule has 0 aliphatic carbocycles. The first-order valence-electron chi connectivity index (χ1n) is 6.53. The summed E-state index contributed by atoms with van der Waals surface area (Å²) < 4.78 is 7.60. The molecule has 1 aromatic heterocycles. The van der Waals surface area contributed by atoms with Gasteiger partial charge in [-0.2, -0.15) is 5.26 Å². The van der Waals surface area contributed by atoms with Gasteiger partial charge in [0.2, 0.25) is 0 Å². The van der Waals surface area contributed by atoms with Crippen LogP contribution in [0.25, 0.3) is 0 Å². The molecule has 1 aliphatic heterocycles. The fourth-order valence-electron chi connectivity index (χ4n) is 2.45. The third-order valence-electron chi connectivity index (χ3n) is 3.89. The Hall–Kier alpha value is -1.31. The number of rotatable bonds is 4. The van der Waals surface area contributed by atoms with Gasteiger partial charge in [-0.25, -0.2) is 0 Å². The summed E-state index contributed by atoms with van der Waals surface area (Å²) in [7, 11) is 1.93. The zero-order valence-corrected chi connectivity index (χ0v) is 11.4. The monoisotopic (exact) mass is 247 g/mol. The standard InChI is InChI=1S/C14H21N3O/c1-10(14-5-4-6-18-14)16-9-12-7-13(8-15)17(3)11(12)2/h7,10,14,16H,4-6,9H2,1-3H3/t10-,14+/m1/s1. The summed E-state index contributed by atoms with van der Waals surface area (Å²) in [6, 6.07) is 4.53. The highest BCUT2D eigenvalue weighted by atomic mass is 16.5. The number of nitriles is 1. The average Bonchev–Trinajstić information content (AvgIpc) is 2.98. The van der Waals surface area contributed by atoms with Gasteiger partial charge >= 0.3 is 0 Å². The van der Waals surface area contributed by atoms with Gasteiger partial charge in [0.1, 0.15) is 11.8 Å². The molecule has 1 fully saturated rings. The highest BCUT2D eigenvalue weighted by molar-refractivity contribution is 5.34. The molecule has 0 saturated carbocycles. The largest absolute Gasteiger partial charge is 0.377 e. The van der Waals surface area contributed by atoms with Crippen LogP contribution in [0.3, 0.4) is 0 Å². The molecule has 1 aromatic rings. The minimum absolute atomic E-state index is 0.337. The predicted molar refractivity (Wildman–Crippen MR) is 70.1 cm³/mol. The molecule has 4 nitrogen and oxygen atoms in total. The van der Waals surface area contributed by atoms with Crippen molar-refractivity contribution in [2.45, 2.75) is 45.4 Å². The summed E-state index contributed by atoms with van der Waals surface area (Å²) in [5.41, 5.74) is 3.06. The average molecular weight is 247 g/mol. The van der Waals surface area contributed by atoms with Crippen LogP contribution in [0, 0.1) is 18.3 Å². The molecule has 1 N–H and O–H groups in total. The van der Waals surface area contributed by atoms with Crippen molar-refractivity contribution in [2.24, 2.45) is 7.05 Å². The summed E-state index contributed by atoms with van der Waals surface area (Å²) in [6.45, 7) is 5.90. The first kappa shape index (κ1) is 13.1. The number of hydrogen-bond acceptors (Lipinski definition) is 3. The first-order chi connectivity index (χ1) is 8.63. The minimum atomic E-state index is 0.337. The quantitative estimate of drug-likeness (QED) is 0.883. The summed E-state index contributed by atoms with van der Waals surface area (Å²) in [5, 5.41) is 12.5. The summed E-state index contributed by atoms with van der Waals surface area (Å²) in [6.07, 6.45) is 2.65. The Kier molecular flexibility index (Phi) is 4.05. The lowest BCUT2D eigenvalue weighted by Crippen LogP contribution is -2.36. The van der Waals surface area contributed by atoms with Gasteiger partial charge in [-0.05, 0) is 38.3 Å². The van der Waals surface area contributed by atoms with Crippen LogP contribution in [-0.2, 0) is 18.3 Å². The van der Waals surface area contributed by atoms with Crippen molar-refractivity contribution >= 4 is 0 Å². The molecule has 0 spiro atoms. The van der Waals surface area contributed by atoms with Crippen molar-refractivity contribution in [1.82, 2.24) is 9.88 Å². The number of aromatic nitrogens is 1. The lowest BCUT2D eigenvalue weighted by molar-refractivity contribution is 0.0832. The van der Waals surface area contributed by atoms with E-state index in [1.807, 2.05) is 17.7 Å². The van der Waals surface area contributed by atoms with Crippen molar-refractivity contribution < 1.29 is 4.74 Å². The van der Waals surface area contributed by atoms with Crippen LogP contribution >= 0.6 is 0 Å². The van der Waals surface area contributed by atoms with Gasteiger partial charge < -0.3 is 14.6 Å². The van der Waals surface area contributed by atoms with Crippen molar-refractivity contribution in [3.05, 3.63) is 23.0 Å². The SMILES string of the molecule is Cc1c(CN[C@H](C)[C@@H]2CCCO2)cc(C#N)n1C. The molecule has 18 heavy (non-hydrogen) atoms. The molecule has 0 amide bonds. The second kappa shape index (κ2) is 5.55. The molecular weight excluding hydrogens is 226 g/mol. The van der Waals surface area contributed by atoms with E-state index < -0.39 is 0 Å². The molecule has 4 heteroatoms. The Balaban J connectivity index is 1.95. The molecule has 2 heterocycles. The molecule has 2 rings (SSSR count). The van der Waals surface area contributed by atoms with Gasteiger partial charge in [0.05, 0.1) is 6.10 Å². The third kappa shape index (κ3) is 2.58. The second-order valence-electron chi connectivity index (χ2n) is 5.03. The van der Waals surface area contributed by atoms with Crippen molar-refractivity contribution in [3.8, 4) is 6.07 Å². The Morgan fingerprint density at radius 3 is 3.00 bits per heavy atom. The highest BCUT2D eigenvalue weighted by Gasteiger charge is 2.22. The predicted octanol–water partition coefficient (Wildman–Crippen LogP) is 1.86. The number of nitrogens with one attached hydrogen (secondary N) is 1. The molecule has 2 atom stereocenters. The summed E-state index contributed by atoms with van der Waals surface area (Å²) in [5.74, 6) is 0. The lowest BCUT2D eigenvalue weighted by Gasteiger charge is -2.20. The van der Waals surface area contributed by atoms with Crippen LogP contribution in [0.15, 0.2) is 6.07 Å². The van der Waals surface area contributed by atoms with E-state index in [0.29, 0.717) is 17.8 Å². The minimum Gasteiger partial charge on any atom is -0.377 e. The molecule has 0 radical (unpaired) electrons. The van der Waals surface area contributed by atoms with Crippen molar-refractivity contribution in [3.63, 3.8) is 0 Å². The molecule has 0 bridgehead atoms. The molecule has 0 unspecified atom stereocenters. The molecule has 1 aliphatic rings. The number of nitrogens with zero attached hydrogens (tertiary/aromatic N) is 2. The molecule has 0 aromatic carbocycles. The van der Waals surface area contributed by atoms with E-state index in [1.54, 1.807) is 0 Å². The van der Waals surface area contributed by atoms with Crippen LogP contribution in [0.1, 0.15) is 36.7 Å². The number of ether oxygens (including phenoxy) is 1. The Bertz CT molecular complexity index is 452. The van der Waals surface area contributed by atoms with Crippen molar-refractivity contribution in [1.29, 1.82) is 5.26 Å². The van der Waals surface area contributed by atoms with E-state index in [2.05, 4.69) is 25.2 Å². The zero-order valence-electron chi connectivity index (χ0n) is 11.4. The van der Waals surface area contributed by atoms with Gasteiger partial charge in [-0.3, -0.25) is 0 Å². The molecule has 98 valence electrons. The maximum Gasteiger partial charge on any atom is 0.120 e. The smallest absolute Gasteiger partial charge is 0.120 e. The van der Waals surface area contributed by atoms with E-state index in [-0.39, 0.29) is 0 Å². The Labute approximate surface area is 109 Å². The third-order valence-corrected chi connectivity index (χ3v) is 3.89. The summed E-state index contributed by atoms with van der Waals surface area (Å²) in [4.78, 5) is 0. The van der Waals surface area contributed by atoms with E-state index >= 15 is 0 Å². The lowest BCUT2D eigenvalue weighted by atomic mass is 10.1. The maximum atomic E-state index is 8.99. The van der Waals surface area contributed by atoms with Crippen LogP contribution in [0.2, 0.25) is 0 Å². The molecule has 1 saturated heterocycles. The summed E-state index contributed by atoms with van der Waals surface area (Å²) >= 11 is 0. The second-order valence-corrected chi connectivity index (χ2v) is 5.03. The highest BCUT2D eigenvalue weighted by Crippen LogP contribution is 2.17. The van der Waals surface area contributed by atoms with Gasteiger partial charge in [-0.15, -0.1) is 0 Å². The van der Waals surface area contributed by atoms with Crippen LogP contribution in [-0.4, -0.2) is 23.3 Å². The van der Waals surface area contributed by atoms with Gasteiger partial charge in [0, 0.05) is 31.9 Å². The van der Waals surface area contributed by atoms with Gasteiger partial charge in [-0.1, -0.05) is 0 Å². The first-order valence-corrected chi connectivity index (χ1v) is 6.53. The van der Waals surface area contributed by atoms with Gasteiger partial charge in [0.15, 0.2) is 0 Å². The van der Waals surface area contributed by atoms with E-state index in [4.69, 9.17) is 10.00 Å². The van der Waals surface area contributed by atoms with Crippen molar-refractivity contribution in [2.75, 3.05) is 6.61 Å². The van der Waals surface area contributed by atoms with E-state index in [0.717, 1.165) is 25.3 Å². The zero-order chi connectivity index (χ0) is 13.1. The maximum absolute atomic E-state index is 8.99. The fraction of sp³-hybridized carbons (Fsp3) is 0.643. The van der Waals surface area contributed by atoms with Crippen LogP contribution in [0.4, 0.5) is 0 Å².